The zero-order valence-electron chi connectivity index (χ0n) is 13.9. The number of alkyl carbamates (subject to hydrolysis) is 1. The SMILES string of the molecule is COC(=O)C(Cc1ccc(CON)cc1)NC(=O)OC(C)(C)C. The van der Waals surface area contributed by atoms with Gasteiger partial charge in [-0.1, -0.05) is 24.3 Å². The smallest absolute Gasteiger partial charge is 0.408 e. The lowest BCUT2D eigenvalue weighted by molar-refractivity contribution is -0.143. The molecule has 0 fully saturated rings. The van der Waals surface area contributed by atoms with E-state index < -0.39 is 23.7 Å². The van der Waals surface area contributed by atoms with Crippen molar-refractivity contribution in [1.29, 1.82) is 0 Å². The van der Waals surface area contributed by atoms with E-state index in [0.29, 0.717) is 6.61 Å². The van der Waals surface area contributed by atoms with Crippen LogP contribution < -0.4 is 11.2 Å². The zero-order chi connectivity index (χ0) is 17.5. The van der Waals surface area contributed by atoms with Crippen molar-refractivity contribution in [2.24, 2.45) is 5.90 Å². The summed E-state index contributed by atoms with van der Waals surface area (Å²) in [6.07, 6.45) is -0.378. The van der Waals surface area contributed by atoms with Crippen molar-refractivity contribution >= 4 is 12.1 Å². The van der Waals surface area contributed by atoms with Crippen LogP contribution in [0.4, 0.5) is 4.79 Å². The third kappa shape index (κ3) is 7.12. The molecule has 0 aromatic heterocycles. The highest BCUT2D eigenvalue weighted by Gasteiger charge is 2.25. The molecule has 0 radical (unpaired) electrons. The largest absolute Gasteiger partial charge is 0.467 e. The topological polar surface area (TPSA) is 99.9 Å². The van der Waals surface area contributed by atoms with Crippen LogP contribution in [0, 0.1) is 0 Å². The number of nitrogens with one attached hydrogen (secondary N) is 1. The van der Waals surface area contributed by atoms with Crippen LogP contribution in [0.25, 0.3) is 0 Å². The van der Waals surface area contributed by atoms with Gasteiger partial charge >= 0.3 is 12.1 Å². The second-order valence-corrected chi connectivity index (χ2v) is 6.05. The van der Waals surface area contributed by atoms with Crippen molar-refractivity contribution in [2.45, 2.75) is 45.4 Å². The molecule has 1 atom stereocenters. The fraction of sp³-hybridized carbons (Fsp3) is 0.500. The Morgan fingerprint density at radius 2 is 1.74 bits per heavy atom. The third-order valence-corrected chi connectivity index (χ3v) is 2.89. The molecule has 0 aliphatic rings. The molecule has 23 heavy (non-hydrogen) atoms. The standard InChI is InChI=1S/C16H24N2O5/c1-16(2,3)23-15(20)18-13(14(19)21-4)9-11-5-7-12(8-6-11)10-22-17/h5-8,13H,9-10,17H2,1-4H3,(H,18,20). The molecule has 0 aliphatic carbocycles. The minimum absolute atomic E-state index is 0.287. The van der Waals surface area contributed by atoms with Gasteiger partial charge in [-0.25, -0.2) is 15.5 Å². The van der Waals surface area contributed by atoms with Crippen LogP contribution in [0.1, 0.15) is 31.9 Å². The molecule has 0 saturated heterocycles. The predicted molar refractivity (Wildman–Crippen MR) is 84.3 cm³/mol. The Labute approximate surface area is 136 Å². The van der Waals surface area contributed by atoms with E-state index in [1.165, 1.54) is 7.11 Å². The average Bonchev–Trinajstić information content (AvgIpc) is 2.46. The summed E-state index contributed by atoms with van der Waals surface area (Å²) in [4.78, 5) is 28.3. The Kier molecular flexibility index (Phi) is 6.99. The molecule has 1 aromatic rings. The summed E-state index contributed by atoms with van der Waals surface area (Å²) in [5.74, 6) is 4.48. The molecule has 0 bridgehead atoms. The molecule has 7 heteroatoms. The summed E-state index contributed by atoms with van der Waals surface area (Å²) < 4.78 is 9.90. The van der Waals surface area contributed by atoms with Crippen LogP contribution in [-0.2, 0) is 32.1 Å². The van der Waals surface area contributed by atoms with Crippen molar-refractivity contribution in [1.82, 2.24) is 5.32 Å². The minimum Gasteiger partial charge on any atom is -0.467 e. The Bertz CT molecular complexity index is 522. The van der Waals surface area contributed by atoms with Gasteiger partial charge < -0.3 is 14.8 Å². The minimum atomic E-state index is -0.827. The molecule has 0 aliphatic heterocycles. The second kappa shape index (κ2) is 8.50. The lowest BCUT2D eigenvalue weighted by Crippen LogP contribution is -2.45. The molecular formula is C16H24N2O5. The molecule has 1 rings (SSSR count). The summed E-state index contributed by atoms with van der Waals surface area (Å²) in [7, 11) is 1.27. The highest BCUT2D eigenvalue weighted by molar-refractivity contribution is 5.81. The number of benzene rings is 1. The Morgan fingerprint density at radius 3 is 2.22 bits per heavy atom. The van der Waals surface area contributed by atoms with Crippen LogP contribution in [0.15, 0.2) is 24.3 Å². The number of esters is 1. The maximum absolute atomic E-state index is 11.9. The van der Waals surface area contributed by atoms with Gasteiger partial charge in [-0.05, 0) is 31.9 Å². The van der Waals surface area contributed by atoms with Gasteiger partial charge in [0.1, 0.15) is 11.6 Å². The van der Waals surface area contributed by atoms with Crippen LogP contribution >= 0.6 is 0 Å². The highest BCUT2D eigenvalue weighted by Crippen LogP contribution is 2.10. The normalized spacial score (nSPS) is 12.4. The zero-order valence-corrected chi connectivity index (χ0v) is 13.9. The summed E-state index contributed by atoms with van der Waals surface area (Å²) in [5.41, 5.74) is 1.12. The quantitative estimate of drug-likeness (QED) is 0.610. The molecule has 1 unspecified atom stereocenters. The van der Waals surface area contributed by atoms with E-state index in [2.05, 4.69) is 10.2 Å². The van der Waals surface area contributed by atoms with Crippen LogP contribution in [-0.4, -0.2) is 30.8 Å². The van der Waals surface area contributed by atoms with Gasteiger partial charge in [-0.3, -0.25) is 4.84 Å². The van der Waals surface area contributed by atoms with E-state index in [9.17, 15) is 9.59 Å². The number of ether oxygens (including phenoxy) is 2. The maximum atomic E-state index is 11.9. The first-order chi connectivity index (χ1) is 10.7. The van der Waals surface area contributed by atoms with Crippen LogP contribution in [0.5, 0.6) is 0 Å². The van der Waals surface area contributed by atoms with Gasteiger partial charge in [-0.2, -0.15) is 0 Å². The first kappa shape index (κ1) is 18.9. The van der Waals surface area contributed by atoms with Crippen LogP contribution in [0.2, 0.25) is 0 Å². The summed E-state index contributed by atoms with van der Waals surface area (Å²) in [6.45, 7) is 5.55. The third-order valence-electron chi connectivity index (χ3n) is 2.89. The van der Waals surface area contributed by atoms with Gasteiger partial charge in [-0.15, -0.1) is 0 Å². The van der Waals surface area contributed by atoms with Gasteiger partial charge in [0.2, 0.25) is 0 Å². The van der Waals surface area contributed by atoms with Crippen molar-refractivity contribution in [2.75, 3.05) is 7.11 Å². The summed E-state index contributed by atoms with van der Waals surface area (Å²) >= 11 is 0. The maximum Gasteiger partial charge on any atom is 0.408 e. The molecule has 128 valence electrons. The molecule has 0 saturated carbocycles. The Morgan fingerprint density at radius 1 is 1.17 bits per heavy atom. The number of hydrogen-bond acceptors (Lipinski definition) is 6. The molecule has 7 nitrogen and oxygen atoms in total. The fourth-order valence-corrected chi connectivity index (χ4v) is 1.89. The number of carbonyl (C=O) groups excluding carboxylic acids is 2. The second-order valence-electron chi connectivity index (χ2n) is 6.05. The van der Waals surface area contributed by atoms with E-state index in [1.807, 2.05) is 24.3 Å². The van der Waals surface area contributed by atoms with E-state index in [-0.39, 0.29) is 6.42 Å². The number of rotatable bonds is 6. The van der Waals surface area contributed by atoms with E-state index >= 15 is 0 Å². The number of amides is 1. The number of hydrogen-bond donors (Lipinski definition) is 2. The fourth-order valence-electron chi connectivity index (χ4n) is 1.89. The van der Waals surface area contributed by atoms with Crippen LogP contribution in [0.3, 0.4) is 0 Å². The summed E-state index contributed by atoms with van der Waals surface area (Å²) in [5, 5.41) is 2.53. The van der Waals surface area contributed by atoms with Gasteiger partial charge in [0.25, 0.3) is 0 Å². The average molecular weight is 324 g/mol. The van der Waals surface area contributed by atoms with Gasteiger partial charge in [0.05, 0.1) is 13.7 Å². The predicted octanol–water partition coefficient (Wildman–Crippen LogP) is 1.69. The first-order valence-corrected chi connectivity index (χ1v) is 7.22. The van der Waals surface area contributed by atoms with E-state index in [0.717, 1.165) is 11.1 Å². The summed E-state index contributed by atoms with van der Waals surface area (Å²) in [6, 6.07) is 6.52. The van der Waals surface area contributed by atoms with Crippen molar-refractivity contribution in [3.8, 4) is 0 Å². The lowest BCUT2D eigenvalue weighted by atomic mass is 10.0. The van der Waals surface area contributed by atoms with Gasteiger partial charge in [0, 0.05) is 6.42 Å². The Balaban J connectivity index is 2.74. The highest BCUT2D eigenvalue weighted by atomic mass is 16.6. The molecule has 1 amide bonds. The number of nitrogens with two attached hydrogens (primary N) is 1. The Hall–Kier alpha value is -2.12. The van der Waals surface area contributed by atoms with Crippen molar-refractivity contribution < 1.29 is 23.9 Å². The molecule has 1 aromatic carbocycles. The molecule has 3 N–H and O–H groups in total. The molecule has 0 heterocycles. The first-order valence-electron chi connectivity index (χ1n) is 7.22. The lowest BCUT2D eigenvalue weighted by Gasteiger charge is -2.22. The number of carbonyl (C=O) groups is 2. The van der Waals surface area contributed by atoms with Crippen molar-refractivity contribution in [3.05, 3.63) is 35.4 Å². The molecule has 0 spiro atoms. The molecular weight excluding hydrogens is 300 g/mol. The monoisotopic (exact) mass is 324 g/mol. The van der Waals surface area contributed by atoms with Gasteiger partial charge in [0.15, 0.2) is 0 Å². The van der Waals surface area contributed by atoms with E-state index in [4.69, 9.17) is 15.4 Å². The number of methoxy groups -OCH3 is 1. The van der Waals surface area contributed by atoms with E-state index in [1.54, 1.807) is 20.8 Å². The van der Waals surface area contributed by atoms with Crippen molar-refractivity contribution in [3.63, 3.8) is 0 Å².